The minimum Gasteiger partial charge on any atom is -0.354 e. The molecule has 2 rings (SSSR count). The molecule has 0 radical (unpaired) electrons. The van der Waals surface area contributed by atoms with Gasteiger partial charge in [0.25, 0.3) is 5.56 Å². The van der Waals surface area contributed by atoms with E-state index in [9.17, 15) is 9.59 Å². The van der Waals surface area contributed by atoms with Gasteiger partial charge in [-0.25, -0.2) is 4.98 Å². The molecule has 0 atom stereocenters. The van der Waals surface area contributed by atoms with Gasteiger partial charge in [-0.05, 0) is 32.1 Å². The van der Waals surface area contributed by atoms with Crippen LogP contribution in [-0.2, 0) is 11.3 Å². The highest BCUT2D eigenvalue weighted by Crippen LogP contribution is 2.16. The maximum Gasteiger partial charge on any atom is 0.283 e. The molecule has 1 aromatic heterocycles. The van der Waals surface area contributed by atoms with E-state index in [0.29, 0.717) is 18.1 Å². The van der Waals surface area contributed by atoms with Crippen molar-refractivity contribution in [2.45, 2.75) is 32.3 Å². The molecule has 0 bridgehead atoms. The van der Waals surface area contributed by atoms with Crippen LogP contribution >= 0.6 is 11.8 Å². The lowest BCUT2D eigenvalue weighted by molar-refractivity contribution is -0.118. The summed E-state index contributed by atoms with van der Waals surface area (Å²) >= 11 is 1.20. The van der Waals surface area contributed by atoms with Crippen LogP contribution in [0.3, 0.4) is 0 Å². The Labute approximate surface area is 152 Å². The van der Waals surface area contributed by atoms with Crippen molar-refractivity contribution in [3.05, 3.63) is 34.6 Å². The molecule has 1 amide bonds. The van der Waals surface area contributed by atoms with Crippen molar-refractivity contribution >= 4 is 28.7 Å². The number of carbonyl (C=O) groups is 1. The average Bonchev–Trinajstić information content (AvgIpc) is 2.63. The highest BCUT2D eigenvalue weighted by Gasteiger charge is 2.12. The van der Waals surface area contributed by atoms with Crippen molar-refractivity contribution in [3.63, 3.8) is 0 Å². The molecular weight excluding hydrogens is 336 g/mol. The number of benzene rings is 1. The van der Waals surface area contributed by atoms with Crippen LogP contribution in [0.5, 0.6) is 0 Å². The van der Waals surface area contributed by atoms with E-state index in [0.717, 1.165) is 30.7 Å². The largest absolute Gasteiger partial charge is 0.354 e. The third-order valence-electron chi connectivity index (χ3n) is 4.12. The number of nitrogens with one attached hydrogen (secondary N) is 1. The molecule has 136 valence electrons. The number of aromatic nitrogens is 2. The highest BCUT2D eigenvalue weighted by molar-refractivity contribution is 7.99. The molecule has 0 unspecified atom stereocenters. The van der Waals surface area contributed by atoms with Gasteiger partial charge in [-0.1, -0.05) is 37.7 Å². The summed E-state index contributed by atoms with van der Waals surface area (Å²) in [5, 5.41) is 3.27. The molecule has 0 aliphatic carbocycles. The Morgan fingerprint density at radius 1 is 1.24 bits per heavy atom. The molecule has 1 aromatic carbocycles. The first-order chi connectivity index (χ1) is 12.1. The molecule has 0 saturated heterocycles. The molecule has 1 heterocycles. The standard InChI is InChI=1S/C18H26N4O2S/c1-4-21(5-2)12-11-19-16(23)13-25-17-18(24)22(6-3)15-10-8-7-9-14(15)20-17/h7-10H,4-6,11-13H2,1-3H3,(H,19,23). The van der Waals surface area contributed by atoms with Gasteiger partial charge in [0.15, 0.2) is 5.03 Å². The number of hydrogen-bond acceptors (Lipinski definition) is 5. The Balaban J connectivity index is 2.00. The van der Waals surface area contributed by atoms with Crippen LogP contribution in [0, 0.1) is 0 Å². The quantitative estimate of drug-likeness (QED) is 0.691. The fourth-order valence-electron chi connectivity index (χ4n) is 2.66. The van der Waals surface area contributed by atoms with E-state index in [1.54, 1.807) is 4.57 Å². The summed E-state index contributed by atoms with van der Waals surface area (Å²) in [6, 6.07) is 7.57. The molecule has 0 spiro atoms. The topological polar surface area (TPSA) is 67.2 Å². The molecule has 0 aliphatic rings. The zero-order valence-electron chi connectivity index (χ0n) is 15.1. The molecule has 0 fully saturated rings. The van der Waals surface area contributed by atoms with Crippen LogP contribution in [0.4, 0.5) is 0 Å². The van der Waals surface area contributed by atoms with Crippen molar-refractivity contribution in [1.82, 2.24) is 19.8 Å². The number of para-hydroxylation sites is 2. The monoisotopic (exact) mass is 362 g/mol. The first-order valence-electron chi connectivity index (χ1n) is 8.72. The van der Waals surface area contributed by atoms with Crippen molar-refractivity contribution in [2.24, 2.45) is 0 Å². The van der Waals surface area contributed by atoms with Crippen LogP contribution in [0.25, 0.3) is 11.0 Å². The lowest BCUT2D eigenvalue weighted by Gasteiger charge is -2.17. The highest BCUT2D eigenvalue weighted by atomic mass is 32.2. The van der Waals surface area contributed by atoms with E-state index in [-0.39, 0.29) is 17.2 Å². The molecule has 1 N–H and O–H groups in total. The first kappa shape index (κ1) is 19.5. The molecule has 0 aliphatic heterocycles. The number of thioether (sulfide) groups is 1. The summed E-state index contributed by atoms with van der Waals surface area (Å²) in [5.41, 5.74) is 1.46. The Morgan fingerprint density at radius 3 is 2.64 bits per heavy atom. The summed E-state index contributed by atoms with van der Waals surface area (Å²) in [5.74, 6) is 0.122. The van der Waals surface area contributed by atoms with Gasteiger partial charge in [-0.2, -0.15) is 0 Å². The van der Waals surface area contributed by atoms with Gasteiger partial charge in [0.1, 0.15) is 0 Å². The zero-order valence-corrected chi connectivity index (χ0v) is 15.9. The van der Waals surface area contributed by atoms with Crippen LogP contribution in [0.15, 0.2) is 34.1 Å². The predicted molar refractivity (Wildman–Crippen MR) is 103 cm³/mol. The molecule has 7 heteroatoms. The van der Waals surface area contributed by atoms with E-state index in [1.807, 2.05) is 31.2 Å². The maximum atomic E-state index is 12.5. The summed E-state index contributed by atoms with van der Waals surface area (Å²) in [6.07, 6.45) is 0. The Kier molecular flexibility index (Phi) is 7.46. The molecular formula is C18H26N4O2S. The fourth-order valence-corrected chi connectivity index (χ4v) is 3.42. The van der Waals surface area contributed by atoms with E-state index in [2.05, 4.69) is 29.0 Å². The Morgan fingerprint density at radius 2 is 1.96 bits per heavy atom. The second-order valence-electron chi connectivity index (χ2n) is 5.62. The summed E-state index contributed by atoms with van der Waals surface area (Å²) in [7, 11) is 0. The van der Waals surface area contributed by atoms with Gasteiger partial charge in [0.05, 0.1) is 16.8 Å². The third kappa shape index (κ3) is 5.06. The number of rotatable bonds is 9. The van der Waals surface area contributed by atoms with Gasteiger partial charge in [0.2, 0.25) is 5.91 Å². The molecule has 2 aromatic rings. The second-order valence-corrected chi connectivity index (χ2v) is 6.58. The fraction of sp³-hybridized carbons (Fsp3) is 0.500. The zero-order chi connectivity index (χ0) is 18.2. The van der Waals surface area contributed by atoms with E-state index >= 15 is 0 Å². The van der Waals surface area contributed by atoms with Gasteiger partial charge in [-0.15, -0.1) is 0 Å². The number of amides is 1. The summed E-state index contributed by atoms with van der Waals surface area (Å²) < 4.78 is 1.70. The van der Waals surface area contributed by atoms with Crippen molar-refractivity contribution < 1.29 is 4.79 Å². The van der Waals surface area contributed by atoms with Gasteiger partial charge < -0.3 is 14.8 Å². The SMILES string of the molecule is CCN(CC)CCNC(=O)CSc1nc2ccccc2n(CC)c1=O. The average molecular weight is 362 g/mol. The lowest BCUT2D eigenvalue weighted by Crippen LogP contribution is -2.35. The van der Waals surface area contributed by atoms with Crippen LogP contribution < -0.4 is 10.9 Å². The first-order valence-corrected chi connectivity index (χ1v) is 9.70. The van der Waals surface area contributed by atoms with Gasteiger partial charge in [-0.3, -0.25) is 9.59 Å². The predicted octanol–water partition coefficient (Wildman–Crippen LogP) is 1.97. The van der Waals surface area contributed by atoms with Crippen LogP contribution in [-0.4, -0.2) is 52.3 Å². The minimum atomic E-state index is -0.137. The molecule has 25 heavy (non-hydrogen) atoms. The molecule has 0 saturated carbocycles. The summed E-state index contributed by atoms with van der Waals surface area (Å²) in [6.45, 7) is 10.1. The number of fused-ring (bicyclic) bond motifs is 1. The van der Waals surface area contributed by atoms with E-state index < -0.39 is 0 Å². The van der Waals surface area contributed by atoms with Crippen molar-refractivity contribution in [2.75, 3.05) is 31.9 Å². The molecule has 6 nitrogen and oxygen atoms in total. The van der Waals surface area contributed by atoms with Crippen molar-refractivity contribution in [3.8, 4) is 0 Å². The normalized spacial score (nSPS) is 11.2. The van der Waals surface area contributed by atoms with E-state index in [1.165, 1.54) is 11.8 Å². The number of nitrogens with zero attached hydrogens (tertiary/aromatic N) is 3. The van der Waals surface area contributed by atoms with E-state index in [4.69, 9.17) is 0 Å². The van der Waals surface area contributed by atoms with Crippen molar-refractivity contribution in [1.29, 1.82) is 0 Å². The van der Waals surface area contributed by atoms with Gasteiger partial charge >= 0.3 is 0 Å². The number of hydrogen-bond donors (Lipinski definition) is 1. The minimum absolute atomic E-state index is 0.0745. The third-order valence-corrected chi connectivity index (χ3v) is 5.07. The van der Waals surface area contributed by atoms with Gasteiger partial charge in [0, 0.05) is 19.6 Å². The Hall–Kier alpha value is -1.86. The maximum absolute atomic E-state index is 12.5. The Bertz CT molecular complexity index is 771. The number of aryl methyl sites for hydroxylation is 1. The smallest absolute Gasteiger partial charge is 0.283 e. The number of carbonyl (C=O) groups excluding carboxylic acids is 1. The second kappa shape index (κ2) is 9.58. The summed E-state index contributed by atoms with van der Waals surface area (Å²) in [4.78, 5) is 31.2. The number of likely N-dealkylation sites (N-methyl/N-ethyl adjacent to an activating group) is 1. The van der Waals surface area contributed by atoms with Crippen LogP contribution in [0.1, 0.15) is 20.8 Å². The van der Waals surface area contributed by atoms with Crippen LogP contribution in [0.2, 0.25) is 0 Å². The lowest BCUT2D eigenvalue weighted by atomic mass is 10.3.